The van der Waals surface area contributed by atoms with E-state index in [9.17, 15) is 8.42 Å². The number of oxime groups is 1. The fourth-order valence-electron chi connectivity index (χ4n) is 2.16. The van der Waals surface area contributed by atoms with Crippen LogP contribution in [0.4, 0.5) is 0 Å². The van der Waals surface area contributed by atoms with Crippen molar-refractivity contribution in [2.45, 2.75) is 51.6 Å². The molecule has 1 fully saturated rings. The Bertz CT molecular complexity index is 413. The third kappa shape index (κ3) is 4.43. The first-order valence-corrected chi connectivity index (χ1v) is 7.41. The highest BCUT2D eigenvalue weighted by molar-refractivity contribution is 7.87. The van der Waals surface area contributed by atoms with Gasteiger partial charge in [-0.05, 0) is 33.6 Å². The van der Waals surface area contributed by atoms with E-state index in [2.05, 4.69) is 14.6 Å². The van der Waals surface area contributed by atoms with Gasteiger partial charge in [0.1, 0.15) is 5.84 Å². The smallest absolute Gasteiger partial charge is 0.277 e. The van der Waals surface area contributed by atoms with E-state index in [0.29, 0.717) is 6.42 Å². The van der Waals surface area contributed by atoms with Crippen LogP contribution in [0.1, 0.15) is 40.0 Å². The highest BCUT2D eigenvalue weighted by Gasteiger charge is 2.34. The van der Waals surface area contributed by atoms with E-state index in [1.54, 1.807) is 20.8 Å². The molecule has 1 aliphatic carbocycles. The lowest BCUT2D eigenvalue weighted by molar-refractivity contribution is 0.312. The lowest BCUT2D eigenvalue weighted by Gasteiger charge is -2.24. The van der Waals surface area contributed by atoms with Crippen LogP contribution in [0.2, 0.25) is 0 Å². The van der Waals surface area contributed by atoms with Gasteiger partial charge in [0, 0.05) is 17.5 Å². The van der Waals surface area contributed by atoms with Crippen LogP contribution in [0, 0.1) is 5.92 Å². The lowest BCUT2D eigenvalue weighted by Crippen LogP contribution is -2.51. The summed E-state index contributed by atoms with van der Waals surface area (Å²) in [6.07, 6.45) is 2.26. The maximum absolute atomic E-state index is 11.9. The average Bonchev–Trinajstić information content (AvgIpc) is 2.59. The Balaban J connectivity index is 2.72. The van der Waals surface area contributed by atoms with E-state index in [4.69, 9.17) is 10.9 Å². The third-order valence-corrected chi connectivity index (χ3v) is 4.25. The number of nitrogens with zero attached hydrogens (tertiary/aromatic N) is 1. The van der Waals surface area contributed by atoms with Crippen LogP contribution >= 0.6 is 0 Å². The summed E-state index contributed by atoms with van der Waals surface area (Å²) in [4.78, 5) is 0. The van der Waals surface area contributed by atoms with Crippen LogP contribution in [-0.4, -0.2) is 31.0 Å². The Kier molecular flexibility index (Phi) is 4.57. The SMILES string of the molecule is CC(C)(C)NS(=O)(=O)NC1CCCC1C(N)=NO. The van der Waals surface area contributed by atoms with Gasteiger partial charge in [0.2, 0.25) is 0 Å². The molecule has 8 heteroatoms. The summed E-state index contributed by atoms with van der Waals surface area (Å²) in [5.41, 5.74) is 5.01. The predicted octanol–water partition coefficient (Wildman–Crippen LogP) is 0.124. The van der Waals surface area contributed by atoms with E-state index in [1.165, 1.54) is 0 Å². The summed E-state index contributed by atoms with van der Waals surface area (Å²) in [6, 6.07) is -0.319. The van der Waals surface area contributed by atoms with Gasteiger partial charge in [-0.1, -0.05) is 11.6 Å². The van der Waals surface area contributed by atoms with Gasteiger partial charge >= 0.3 is 0 Å². The third-order valence-electron chi connectivity index (χ3n) is 2.76. The van der Waals surface area contributed by atoms with Crippen LogP contribution in [-0.2, 0) is 10.2 Å². The fraction of sp³-hybridized carbons (Fsp3) is 0.900. The molecule has 0 radical (unpaired) electrons. The summed E-state index contributed by atoms with van der Waals surface area (Å²) in [7, 11) is -3.59. The zero-order chi connectivity index (χ0) is 14.0. The standard InChI is InChI=1S/C10H22N4O3S/c1-10(2,3)14-18(16,17)13-8-6-4-5-7(8)9(11)12-15/h7-8,13-15H,4-6H2,1-3H3,(H2,11,12). The second-order valence-electron chi connectivity index (χ2n) is 5.64. The van der Waals surface area contributed by atoms with Crippen LogP contribution < -0.4 is 15.2 Å². The minimum absolute atomic E-state index is 0.0796. The van der Waals surface area contributed by atoms with Gasteiger partial charge < -0.3 is 10.9 Å². The number of hydrogen-bond donors (Lipinski definition) is 4. The zero-order valence-corrected chi connectivity index (χ0v) is 11.8. The molecule has 106 valence electrons. The van der Waals surface area contributed by atoms with Gasteiger partial charge in [0.15, 0.2) is 0 Å². The molecule has 5 N–H and O–H groups in total. The Hall–Kier alpha value is -0.860. The van der Waals surface area contributed by atoms with Crippen molar-refractivity contribution >= 4 is 16.0 Å². The molecule has 7 nitrogen and oxygen atoms in total. The largest absolute Gasteiger partial charge is 0.409 e. The first kappa shape index (κ1) is 15.2. The highest BCUT2D eigenvalue weighted by atomic mass is 32.2. The number of nitrogens with two attached hydrogens (primary N) is 1. The van der Waals surface area contributed by atoms with Crippen molar-refractivity contribution in [2.24, 2.45) is 16.8 Å². The molecule has 18 heavy (non-hydrogen) atoms. The van der Waals surface area contributed by atoms with Gasteiger partial charge in [-0.2, -0.15) is 17.9 Å². The minimum atomic E-state index is -3.59. The molecule has 0 aromatic heterocycles. The van der Waals surface area contributed by atoms with Crippen molar-refractivity contribution in [1.82, 2.24) is 9.44 Å². The van der Waals surface area contributed by atoms with Crippen LogP contribution in [0.25, 0.3) is 0 Å². The van der Waals surface area contributed by atoms with Crippen LogP contribution in [0.15, 0.2) is 5.16 Å². The summed E-state index contributed by atoms with van der Waals surface area (Å²) in [6.45, 7) is 5.30. The molecule has 0 amide bonds. The van der Waals surface area contributed by atoms with E-state index in [-0.39, 0.29) is 17.8 Å². The Labute approximate surface area is 108 Å². The van der Waals surface area contributed by atoms with Gasteiger partial charge in [0.05, 0.1) is 0 Å². The molecule has 1 saturated carbocycles. The Morgan fingerprint density at radius 2 is 2.00 bits per heavy atom. The Morgan fingerprint density at radius 1 is 1.39 bits per heavy atom. The molecule has 0 aliphatic heterocycles. The molecular formula is C10H22N4O3S. The van der Waals surface area contributed by atoms with Crippen molar-refractivity contribution in [3.8, 4) is 0 Å². The molecule has 1 rings (SSSR count). The van der Waals surface area contributed by atoms with Gasteiger partial charge in [-0.15, -0.1) is 0 Å². The normalized spacial score (nSPS) is 26.5. The highest BCUT2D eigenvalue weighted by Crippen LogP contribution is 2.26. The van der Waals surface area contributed by atoms with Crippen molar-refractivity contribution < 1.29 is 13.6 Å². The maximum atomic E-state index is 11.9. The second-order valence-corrected chi connectivity index (χ2v) is 7.09. The first-order valence-electron chi connectivity index (χ1n) is 5.93. The summed E-state index contributed by atoms with van der Waals surface area (Å²) < 4.78 is 28.9. The molecule has 0 heterocycles. The predicted molar refractivity (Wildman–Crippen MR) is 69.5 cm³/mol. The molecule has 0 spiro atoms. The zero-order valence-electron chi connectivity index (χ0n) is 11.0. The summed E-state index contributed by atoms with van der Waals surface area (Å²) >= 11 is 0. The van der Waals surface area contributed by atoms with Gasteiger partial charge in [-0.3, -0.25) is 0 Å². The topological polar surface area (TPSA) is 117 Å². The fourth-order valence-corrected chi connectivity index (χ4v) is 3.71. The van der Waals surface area contributed by atoms with E-state index < -0.39 is 15.7 Å². The molecule has 0 aromatic rings. The van der Waals surface area contributed by atoms with Crippen LogP contribution in [0.5, 0.6) is 0 Å². The molecule has 1 aliphatic rings. The van der Waals surface area contributed by atoms with Crippen LogP contribution in [0.3, 0.4) is 0 Å². The molecule has 2 atom stereocenters. The van der Waals surface area contributed by atoms with Gasteiger partial charge in [0.25, 0.3) is 10.2 Å². The second kappa shape index (κ2) is 5.41. The van der Waals surface area contributed by atoms with Gasteiger partial charge in [-0.25, -0.2) is 0 Å². The van der Waals surface area contributed by atoms with Crippen molar-refractivity contribution in [2.75, 3.05) is 0 Å². The molecule has 0 saturated heterocycles. The average molecular weight is 278 g/mol. The van der Waals surface area contributed by atoms with Crippen molar-refractivity contribution in [1.29, 1.82) is 0 Å². The summed E-state index contributed by atoms with van der Waals surface area (Å²) in [5.74, 6) is -0.164. The van der Waals surface area contributed by atoms with E-state index >= 15 is 0 Å². The molecular weight excluding hydrogens is 256 g/mol. The van der Waals surface area contributed by atoms with E-state index in [1.807, 2.05) is 0 Å². The summed E-state index contributed by atoms with van der Waals surface area (Å²) in [5, 5.41) is 11.6. The molecule has 0 bridgehead atoms. The van der Waals surface area contributed by atoms with E-state index in [0.717, 1.165) is 12.8 Å². The quantitative estimate of drug-likeness (QED) is 0.253. The minimum Gasteiger partial charge on any atom is -0.409 e. The maximum Gasteiger partial charge on any atom is 0.277 e. The van der Waals surface area contributed by atoms with Crippen molar-refractivity contribution in [3.05, 3.63) is 0 Å². The number of rotatable bonds is 4. The first-order chi connectivity index (χ1) is 8.14. The molecule has 0 aromatic carbocycles. The number of nitrogens with one attached hydrogen (secondary N) is 2. The number of amidine groups is 1. The number of hydrogen-bond acceptors (Lipinski definition) is 4. The Morgan fingerprint density at radius 3 is 2.50 bits per heavy atom. The van der Waals surface area contributed by atoms with Crippen molar-refractivity contribution in [3.63, 3.8) is 0 Å². The lowest BCUT2D eigenvalue weighted by atomic mass is 10.0. The molecule has 2 unspecified atom stereocenters. The monoisotopic (exact) mass is 278 g/mol.